The lowest BCUT2D eigenvalue weighted by Gasteiger charge is -2.31. The molecular weight excluding hydrogens is 499 g/mol. The Balaban J connectivity index is 0.00000300. The van der Waals surface area contributed by atoms with Gasteiger partial charge in [0.05, 0.1) is 5.69 Å². The maximum absolute atomic E-state index is 12.2. The Morgan fingerprint density at radius 1 is 1.34 bits per heavy atom. The van der Waals surface area contributed by atoms with E-state index in [2.05, 4.69) is 34.3 Å². The lowest BCUT2D eigenvalue weighted by Crippen LogP contribution is -2.46. The number of aliphatic imine (C=N–C) groups is 1. The summed E-state index contributed by atoms with van der Waals surface area (Å²) in [6, 6.07) is 8.21. The minimum absolute atomic E-state index is 0. The molecule has 1 aliphatic carbocycles. The van der Waals surface area contributed by atoms with E-state index in [4.69, 9.17) is 4.74 Å². The quantitative estimate of drug-likeness (QED) is 0.243. The summed E-state index contributed by atoms with van der Waals surface area (Å²) < 4.78 is 5.50. The lowest BCUT2D eigenvalue weighted by atomic mass is 9.95. The summed E-state index contributed by atoms with van der Waals surface area (Å²) in [4.78, 5) is 18.4. The molecule has 2 atom stereocenters. The molecule has 1 aliphatic heterocycles. The zero-order chi connectivity index (χ0) is 19.8. The number of hydrogen-bond donors (Lipinski definition) is 2. The van der Waals surface area contributed by atoms with Crippen LogP contribution in [0.3, 0.4) is 0 Å². The van der Waals surface area contributed by atoms with Crippen LogP contribution in [0.1, 0.15) is 39.0 Å². The molecule has 2 N–H and O–H groups in total. The van der Waals surface area contributed by atoms with Crippen molar-refractivity contribution in [1.82, 2.24) is 10.6 Å². The van der Waals surface area contributed by atoms with Gasteiger partial charge >= 0.3 is 0 Å². The van der Waals surface area contributed by atoms with Crippen molar-refractivity contribution in [2.24, 2.45) is 4.99 Å². The van der Waals surface area contributed by atoms with Crippen LogP contribution in [0.25, 0.3) is 0 Å². The minimum atomic E-state index is 0. The fourth-order valence-corrected chi connectivity index (χ4v) is 5.07. The molecule has 8 heteroatoms. The standard InChI is InChI=1S/C21H32N4O2S.HI/c1-3-28-17-9-6-8-16(14-17)24-21(22-2)23-12-7-13-25-18-10-4-5-11-19(18)27-15-20(25)26;/h4-5,10-11,16-17H,3,6-9,12-15H2,1-2H3,(H2,22,23,24);1H. The Hall–Kier alpha value is -1.16. The Kier molecular flexibility index (Phi) is 10.4. The number of nitrogens with one attached hydrogen (secondary N) is 2. The third-order valence-corrected chi connectivity index (χ3v) is 6.48. The molecule has 0 saturated heterocycles. The molecule has 0 aromatic heterocycles. The summed E-state index contributed by atoms with van der Waals surface area (Å²) in [6.07, 6.45) is 5.88. The summed E-state index contributed by atoms with van der Waals surface area (Å²) in [5.74, 6) is 2.85. The summed E-state index contributed by atoms with van der Waals surface area (Å²) in [7, 11) is 1.82. The third-order valence-electron chi connectivity index (χ3n) is 5.25. The maximum atomic E-state index is 12.2. The lowest BCUT2D eigenvalue weighted by molar-refractivity contribution is -0.121. The Morgan fingerprint density at radius 3 is 2.97 bits per heavy atom. The van der Waals surface area contributed by atoms with Crippen LogP contribution in [0, 0.1) is 0 Å². The Morgan fingerprint density at radius 2 is 2.17 bits per heavy atom. The van der Waals surface area contributed by atoms with Gasteiger partial charge in [0.25, 0.3) is 5.91 Å². The number of guanidine groups is 1. The fourth-order valence-electron chi connectivity index (χ4n) is 3.89. The molecule has 162 valence electrons. The minimum Gasteiger partial charge on any atom is -0.482 e. The van der Waals surface area contributed by atoms with Crippen molar-refractivity contribution in [3.8, 4) is 5.75 Å². The van der Waals surface area contributed by atoms with Gasteiger partial charge in [0.2, 0.25) is 0 Å². The van der Waals surface area contributed by atoms with Crippen LogP contribution in [0.15, 0.2) is 29.3 Å². The van der Waals surface area contributed by atoms with E-state index in [-0.39, 0.29) is 36.5 Å². The predicted molar refractivity (Wildman–Crippen MR) is 133 cm³/mol. The van der Waals surface area contributed by atoms with E-state index in [9.17, 15) is 4.79 Å². The van der Waals surface area contributed by atoms with Gasteiger partial charge in [0, 0.05) is 31.4 Å². The van der Waals surface area contributed by atoms with E-state index in [1.54, 1.807) is 0 Å². The highest BCUT2D eigenvalue weighted by Gasteiger charge is 2.25. The summed E-state index contributed by atoms with van der Waals surface area (Å²) >= 11 is 2.07. The van der Waals surface area contributed by atoms with Crippen LogP contribution >= 0.6 is 35.7 Å². The molecule has 1 fully saturated rings. The second kappa shape index (κ2) is 12.5. The highest BCUT2D eigenvalue weighted by Crippen LogP contribution is 2.31. The average Bonchev–Trinajstić information content (AvgIpc) is 2.72. The van der Waals surface area contributed by atoms with Crippen molar-refractivity contribution in [3.05, 3.63) is 24.3 Å². The SMILES string of the molecule is CCSC1CCCC(NC(=NC)NCCCN2C(=O)COc3ccccc32)C1.I. The predicted octanol–water partition coefficient (Wildman–Crippen LogP) is 3.65. The van der Waals surface area contributed by atoms with Crippen LogP contribution < -0.4 is 20.3 Å². The molecular formula is C21H33IN4O2S. The molecule has 1 aromatic carbocycles. The molecule has 0 radical (unpaired) electrons. The van der Waals surface area contributed by atoms with Gasteiger partial charge < -0.3 is 20.3 Å². The molecule has 2 aliphatic rings. The number of thioether (sulfide) groups is 1. The molecule has 1 aromatic rings. The van der Waals surface area contributed by atoms with Crippen LogP contribution in [-0.4, -0.2) is 55.7 Å². The average molecular weight is 532 g/mol. The largest absolute Gasteiger partial charge is 0.482 e. The van der Waals surface area contributed by atoms with E-state index >= 15 is 0 Å². The molecule has 1 amide bonds. The van der Waals surface area contributed by atoms with Crippen LogP contribution in [0.4, 0.5) is 5.69 Å². The van der Waals surface area contributed by atoms with Crippen molar-refractivity contribution in [2.75, 3.05) is 37.4 Å². The first-order valence-electron chi connectivity index (χ1n) is 10.3. The van der Waals surface area contributed by atoms with Crippen LogP contribution in [-0.2, 0) is 4.79 Å². The number of anilines is 1. The second-order valence-electron chi connectivity index (χ2n) is 7.24. The van der Waals surface area contributed by atoms with Gasteiger partial charge in [-0.3, -0.25) is 9.79 Å². The van der Waals surface area contributed by atoms with E-state index < -0.39 is 0 Å². The van der Waals surface area contributed by atoms with E-state index in [0.717, 1.165) is 35.6 Å². The van der Waals surface area contributed by atoms with E-state index in [1.165, 1.54) is 31.4 Å². The van der Waals surface area contributed by atoms with Gasteiger partial charge in [-0.25, -0.2) is 0 Å². The number of amides is 1. The zero-order valence-corrected chi connectivity index (χ0v) is 20.5. The van der Waals surface area contributed by atoms with Crippen molar-refractivity contribution >= 4 is 53.3 Å². The number of hydrogen-bond acceptors (Lipinski definition) is 4. The first-order chi connectivity index (χ1) is 13.7. The van der Waals surface area contributed by atoms with Crippen molar-refractivity contribution in [3.63, 3.8) is 0 Å². The van der Waals surface area contributed by atoms with Crippen molar-refractivity contribution < 1.29 is 9.53 Å². The summed E-state index contributed by atoms with van der Waals surface area (Å²) in [5.41, 5.74) is 0.864. The van der Waals surface area contributed by atoms with Gasteiger partial charge in [0.15, 0.2) is 12.6 Å². The van der Waals surface area contributed by atoms with E-state index in [1.807, 2.05) is 36.2 Å². The fraction of sp³-hybridized carbons (Fsp3) is 0.619. The maximum Gasteiger partial charge on any atom is 0.265 e. The number of halogens is 1. The summed E-state index contributed by atoms with van der Waals surface area (Å²) in [6.45, 7) is 3.79. The molecule has 1 heterocycles. The number of rotatable bonds is 7. The van der Waals surface area contributed by atoms with Gasteiger partial charge in [-0.2, -0.15) is 11.8 Å². The van der Waals surface area contributed by atoms with Gasteiger partial charge in [0.1, 0.15) is 5.75 Å². The molecule has 0 spiro atoms. The number of fused-ring (bicyclic) bond motifs is 1. The topological polar surface area (TPSA) is 66.0 Å². The van der Waals surface area contributed by atoms with Crippen LogP contribution in [0.2, 0.25) is 0 Å². The van der Waals surface area contributed by atoms with Crippen LogP contribution in [0.5, 0.6) is 5.75 Å². The molecule has 0 bridgehead atoms. The number of benzene rings is 1. The molecule has 1 saturated carbocycles. The molecule has 29 heavy (non-hydrogen) atoms. The molecule has 2 unspecified atom stereocenters. The number of carbonyl (C=O) groups excluding carboxylic acids is 1. The summed E-state index contributed by atoms with van der Waals surface area (Å²) in [5, 5.41) is 7.75. The first kappa shape index (κ1) is 24.1. The van der Waals surface area contributed by atoms with E-state index in [0.29, 0.717) is 12.6 Å². The molecule has 6 nitrogen and oxygen atoms in total. The van der Waals surface area contributed by atoms with Gasteiger partial charge in [-0.05, 0) is 43.6 Å². The number of para-hydroxylation sites is 2. The van der Waals surface area contributed by atoms with Gasteiger partial charge in [-0.15, -0.1) is 24.0 Å². The highest BCUT2D eigenvalue weighted by atomic mass is 127. The Bertz CT molecular complexity index is 686. The zero-order valence-electron chi connectivity index (χ0n) is 17.4. The second-order valence-corrected chi connectivity index (χ2v) is 8.82. The Labute approximate surface area is 195 Å². The highest BCUT2D eigenvalue weighted by molar-refractivity contribution is 14.0. The smallest absolute Gasteiger partial charge is 0.265 e. The first-order valence-corrected chi connectivity index (χ1v) is 11.4. The number of carbonyl (C=O) groups is 1. The van der Waals surface area contributed by atoms with Gasteiger partial charge in [-0.1, -0.05) is 25.5 Å². The third kappa shape index (κ3) is 6.94. The van der Waals surface area contributed by atoms with Crippen molar-refractivity contribution in [2.45, 2.75) is 50.3 Å². The number of ether oxygens (including phenoxy) is 1. The normalized spacial score (nSPS) is 21.7. The molecule has 3 rings (SSSR count). The number of nitrogens with zero attached hydrogens (tertiary/aromatic N) is 2. The monoisotopic (exact) mass is 532 g/mol. The van der Waals surface area contributed by atoms with Crippen molar-refractivity contribution in [1.29, 1.82) is 0 Å².